The Bertz CT molecular complexity index is 1190. The van der Waals surface area contributed by atoms with Crippen LogP contribution in [0.1, 0.15) is 38.3 Å². The number of fused-ring (bicyclic) bond motifs is 2. The third-order valence-electron chi connectivity index (χ3n) is 6.53. The van der Waals surface area contributed by atoms with Crippen LogP contribution in [0, 0.1) is 11.8 Å². The largest absolute Gasteiger partial charge is 0.424 e. The van der Waals surface area contributed by atoms with Crippen molar-refractivity contribution >= 4 is 23.4 Å². The predicted octanol–water partition coefficient (Wildman–Crippen LogP) is 5.44. The Hall–Kier alpha value is -3.08. The molecular weight excluding hydrogens is 483 g/mol. The van der Waals surface area contributed by atoms with Crippen LogP contribution in [0.25, 0.3) is 0 Å². The lowest BCUT2D eigenvalue weighted by atomic mass is 9.92. The average Bonchev–Trinajstić information content (AvgIpc) is 3.29. The maximum atomic E-state index is 13.1. The minimum absolute atomic E-state index is 0.0533. The number of aromatic nitrogens is 5. The zero-order valence-electron chi connectivity index (χ0n) is 19.2. The van der Waals surface area contributed by atoms with Crippen LogP contribution in [0.5, 0.6) is 11.8 Å². The summed E-state index contributed by atoms with van der Waals surface area (Å²) in [4.78, 5) is 15.0. The van der Waals surface area contributed by atoms with E-state index in [2.05, 4.69) is 30.3 Å². The molecule has 1 saturated carbocycles. The fourth-order valence-electron chi connectivity index (χ4n) is 4.91. The summed E-state index contributed by atoms with van der Waals surface area (Å²) < 4.78 is 46.6. The summed E-state index contributed by atoms with van der Waals surface area (Å²) in [6, 6.07) is 6.74. The van der Waals surface area contributed by atoms with E-state index in [1.807, 2.05) is 13.8 Å². The molecule has 1 aromatic carbocycles. The molecule has 0 radical (unpaired) electrons. The zero-order valence-corrected chi connectivity index (χ0v) is 20.0. The molecule has 1 saturated heterocycles. The summed E-state index contributed by atoms with van der Waals surface area (Å²) in [5.41, 5.74) is -0.780. The Labute approximate surface area is 205 Å². The number of hydrogen-bond donors (Lipinski definition) is 1. The lowest BCUT2D eigenvalue weighted by molar-refractivity contribution is -0.137. The monoisotopic (exact) mass is 507 g/mol. The normalized spacial score (nSPS) is 22.0. The molecule has 1 unspecified atom stereocenters. The zero-order chi connectivity index (χ0) is 24.7. The van der Waals surface area contributed by atoms with Crippen LogP contribution in [-0.2, 0) is 6.18 Å². The number of halogens is 4. The highest BCUT2D eigenvalue weighted by atomic mass is 35.5. The predicted molar refractivity (Wildman–Crippen MR) is 125 cm³/mol. The van der Waals surface area contributed by atoms with Crippen LogP contribution < -0.4 is 15.0 Å². The maximum Gasteiger partial charge on any atom is 0.416 e. The van der Waals surface area contributed by atoms with Gasteiger partial charge in [0.2, 0.25) is 5.95 Å². The molecule has 186 valence electrons. The Morgan fingerprint density at radius 2 is 1.86 bits per heavy atom. The molecule has 0 spiro atoms. The van der Waals surface area contributed by atoms with E-state index in [4.69, 9.17) is 16.3 Å². The summed E-state index contributed by atoms with van der Waals surface area (Å²) in [5.74, 6) is 2.00. The van der Waals surface area contributed by atoms with Crippen molar-refractivity contribution in [2.24, 2.45) is 11.8 Å². The van der Waals surface area contributed by atoms with E-state index in [9.17, 15) is 13.2 Å². The van der Waals surface area contributed by atoms with Gasteiger partial charge in [-0.1, -0.05) is 17.7 Å². The quantitative estimate of drug-likeness (QED) is 0.445. The molecule has 3 aromatic rings. The third-order valence-corrected chi connectivity index (χ3v) is 6.74. The molecule has 3 heterocycles. The fourth-order valence-corrected chi connectivity index (χ4v) is 5.05. The lowest BCUT2D eigenvalue weighted by Gasteiger charge is -2.38. The Kier molecular flexibility index (Phi) is 6.20. The molecular formula is C23H25ClF3N7O. The second-order valence-corrected chi connectivity index (χ2v) is 9.64. The van der Waals surface area contributed by atoms with E-state index in [0.29, 0.717) is 22.9 Å². The van der Waals surface area contributed by atoms with Crippen LogP contribution in [0.2, 0.25) is 5.15 Å². The molecule has 2 fully saturated rings. The van der Waals surface area contributed by atoms with Gasteiger partial charge >= 0.3 is 12.2 Å². The standard InChI is InChI=1S/C23H25ClF3N7O/c1-13(2)34-22(35-17-5-3-4-16(8-17)23(25,26)27)31-21(32-34)30-20-14-6-7-15(20)11-33(10-14)19-9-18(24)28-12-29-19/h3-5,8-9,12-15,20H,6-7,10-11H2,1-2H3,(H,30,32)/t14-,15+,20?. The number of nitrogens with zero attached hydrogens (tertiary/aromatic N) is 6. The van der Waals surface area contributed by atoms with Gasteiger partial charge in [-0.3, -0.25) is 0 Å². The first-order valence-electron chi connectivity index (χ1n) is 11.5. The number of alkyl halides is 3. The van der Waals surface area contributed by atoms with Crippen molar-refractivity contribution in [3.05, 3.63) is 47.4 Å². The molecule has 2 aliphatic rings. The molecule has 12 heteroatoms. The molecule has 0 amide bonds. The summed E-state index contributed by atoms with van der Waals surface area (Å²) >= 11 is 6.04. The second-order valence-electron chi connectivity index (χ2n) is 9.26. The SMILES string of the molecule is CC(C)n1nc(NC2[C@@H]3CC[C@H]2CN(c2cc(Cl)ncn2)C3)nc1Oc1cccc(C(F)(F)F)c1. The smallest absolute Gasteiger partial charge is 0.416 e. The van der Waals surface area contributed by atoms with Crippen molar-refractivity contribution in [1.82, 2.24) is 24.7 Å². The molecule has 5 rings (SSSR count). The minimum Gasteiger partial charge on any atom is -0.424 e. The molecule has 8 nitrogen and oxygen atoms in total. The van der Waals surface area contributed by atoms with E-state index < -0.39 is 11.7 Å². The second kappa shape index (κ2) is 9.18. The van der Waals surface area contributed by atoms with Crippen LogP contribution in [0.3, 0.4) is 0 Å². The first-order valence-corrected chi connectivity index (χ1v) is 11.9. The van der Waals surface area contributed by atoms with Gasteiger partial charge in [-0.15, -0.1) is 5.10 Å². The number of hydrogen-bond acceptors (Lipinski definition) is 7. The maximum absolute atomic E-state index is 13.1. The number of nitrogens with one attached hydrogen (secondary N) is 1. The Balaban J connectivity index is 1.32. The first kappa shape index (κ1) is 23.7. The highest BCUT2D eigenvalue weighted by Gasteiger charge is 2.43. The van der Waals surface area contributed by atoms with Crippen molar-refractivity contribution in [2.45, 2.75) is 44.9 Å². The van der Waals surface area contributed by atoms with Crippen molar-refractivity contribution < 1.29 is 17.9 Å². The summed E-state index contributed by atoms with van der Waals surface area (Å²) in [7, 11) is 0. The number of anilines is 2. The van der Waals surface area contributed by atoms with Gasteiger partial charge in [0, 0.05) is 25.2 Å². The summed E-state index contributed by atoms with van der Waals surface area (Å²) in [5, 5.41) is 8.44. The fraction of sp³-hybridized carbons (Fsp3) is 0.478. The number of rotatable bonds is 6. The molecule has 35 heavy (non-hydrogen) atoms. The summed E-state index contributed by atoms with van der Waals surface area (Å²) in [6.45, 7) is 5.46. The van der Waals surface area contributed by atoms with E-state index in [0.717, 1.165) is 43.9 Å². The third kappa shape index (κ3) is 5.00. The topological polar surface area (TPSA) is 81.0 Å². The van der Waals surface area contributed by atoms with Gasteiger partial charge in [-0.25, -0.2) is 14.6 Å². The van der Waals surface area contributed by atoms with Gasteiger partial charge in [-0.2, -0.15) is 18.2 Å². The molecule has 1 N–H and O–H groups in total. The highest BCUT2D eigenvalue weighted by molar-refractivity contribution is 6.29. The molecule has 2 bridgehead atoms. The summed E-state index contributed by atoms with van der Waals surface area (Å²) in [6.07, 6.45) is -0.854. The number of piperidine rings is 1. The van der Waals surface area contributed by atoms with Gasteiger partial charge in [0.15, 0.2) is 0 Å². The molecule has 1 aliphatic carbocycles. The molecule has 2 aromatic heterocycles. The van der Waals surface area contributed by atoms with E-state index in [1.54, 1.807) is 10.7 Å². The van der Waals surface area contributed by atoms with Gasteiger partial charge in [-0.05, 0) is 56.7 Å². The van der Waals surface area contributed by atoms with Crippen LogP contribution >= 0.6 is 11.6 Å². The van der Waals surface area contributed by atoms with Crippen LogP contribution in [0.4, 0.5) is 24.9 Å². The van der Waals surface area contributed by atoms with Crippen LogP contribution in [-0.4, -0.2) is 43.9 Å². The van der Waals surface area contributed by atoms with Gasteiger partial charge in [0.1, 0.15) is 23.0 Å². The van der Waals surface area contributed by atoms with Crippen LogP contribution in [0.15, 0.2) is 36.7 Å². The number of benzene rings is 1. The molecule has 1 aliphatic heterocycles. The lowest BCUT2D eigenvalue weighted by Crippen LogP contribution is -2.48. The number of ether oxygens (including phenoxy) is 1. The van der Waals surface area contributed by atoms with Crippen molar-refractivity contribution in [3.8, 4) is 11.8 Å². The molecule has 3 atom stereocenters. The average molecular weight is 508 g/mol. The first-order chi connectivity index (χ1) is 16.7. The van der Waals surface area contributed by atoms with Crippen molar-refractivity contribution in [3.63, 3.8) is 0 Å². The van der Waals surface area contributed by atoms with Crippen molar-refractivity contribution in [2.75, 3.05) is 23.3 Å². The van der Waals surface area contributed by atoms with Gasteiger partial charge in [0.25, 0.3) is 0 Å². The highest BCUT2D eigenvalue weighted by Crippen LogP contribution is 2.40. The van der Waals surface area contributed by atoms with Gasteiger partial charge < -0.3 is 15.0 Å². The van der Waals surface area contributed by atoms with Crippen molar-refractivity contribution in [1.29, 1.82) is 0 Å². The minimum atomic E-state index is -4.46. The van der Waals surface area contributed by atoms with E-state index in [1.165, 1.54) is 18.5 Å². The Morgan fingerprint density at radius 3 is 2.51 bits per heavy atom. The van der Waals surface area contributed by atoms with E-state index in [-0.39, 0.29) is 23.8 Å². The Morgan fingerprint density at radius 1 is 1.11 bits per heavy atom. The van der Waals surface area contributed by atoms with Gasteiger partial charge in [0.05, 0.1) is 11.6 Å². The van der Waals surface area contributed by atoms with E-state index >= 15 is 0 Å².